The zero-order valence-corrected chi connectivity index (χ0v) is 17.7. The van der Waals surface area contributed by atoms with E-state index in [-0.39, 0.29) is 11.5 Å². The van der Waals surface area contributed by atoms with Gasteiger partial charge >= 0.3 is 0 Å². The maximum absolute atomic E-state index is 13.0. The van der Waals surface area contributed by atoms with Crippen molar-refractivity contribution in [3.05, 3.63) is 75.7 Å². The molecular formula is C24H26N4O3. The van der Waals surface area contributed by atoms with Gasteiger partial charge in [-0.2, -0.15) is 0 Å². The van der Waals surface area contributed by atoms with Crippen LogP contribution in [0.2, 0.25) is 0 Å². The van der Waals surface area contributed by atoms with E-state index in [2.05, 4.69) is 11.1 Å². The van der Waals surface area contributed by atoms with Gasteiger partial charge in [0, 0.05) is 19.3 Å². The Morgan fingerprint density at radius 3 is 2.77 bits per heavy atom. The van der Waals surface area contributed by atoms with Crippen LogP contribution in [-0.4, -0.2) is 44.6 Å². The lowest BCUT2D eigenvalue weighted by Gasteiger charge is -2.30. The third-order valence-corrected chi connectivity index (χ3v) is 6.22. The Balaban J connectivity index is 1.28. The lowest BCUT2D eigenvalue weighted by atomic mass is 9.91. The summed E-state index contributed by atoms with van der Waals surface area (Å²) in [5, 5.41) is 0. The van der Waals surface area contributed by atoms with Crippen LogP contribution in [0.5, 0.6) is 5.75 Å². The first-order valence-electron chi connectivity index (χ1n) is 10.9. The quantitative estimate of drug-likeness (QED) is 0.639. The van der Waals surface area contributed by atoms with Gasteiger partial charge in [0.25, 0.3) is 11.5 Å². The Hall–Kier alpha value is -3.35. The summed E-state index contributed by atoms with van der Waals surface area (Å²) in [5.41, 5.74) is 4.30. The Kier molecular flexibility index (Phi) is 5.10. The van der Waals surface area contributed by atoms with E-state index in [0.717, 1.165) is 24.3 Å². The highest BCUT2D eigenvalue weighted by Crippen LogP contribution is 2.29. The van der Waals surface area contributed by atoms with Crippen LogP contribution in [-0.2, 0) is 19.4 Å². The number of hydrogen-bond acceptors (Lipinski definition) is 4. The predicted molar refractivity (Wildman–Crippen MR) is 117 cm³/mol. The molecule has 0 bridgehead atoms. The summed E-state index contributed by atoms with van der Waals surface area (Å²) < 4.78 is 9.35. The van der Waals surface area contributed by atoms with Crippen molar-refractivity contribution >= 4 is 5.91 Å². The lowest BCUT2D eigenvalue weighted by molar-refractivity contribution is 0.0672. The van der Waals surface area contributed by atoms with E-state index in [1.54, 1.807) is 38.7 Å². The normalized spacial score (nSPS) is 15.5. The van der Waals surface area contributed by atoms with Crippen molar-refractivity contribution in [1.82, 2.24) is 19.0 Å². The largest absolute Gasteiger partial charge is 0.491 e. The SMILES string of the molecule is Cc1cn(-c2ccc3n(c2=O)CCN(CCOc2cccc4c2CCCC4)C3=O)cn1. The van der Waals surface area contributed by atoms with Crippen LogP contribution in [0, 0.1) is 6.92 Å². The molecule has 0 radical (unpaired) electrons. The Morgan fingerprint density at radius 2 is 1.94 bits per heavy atom. The molecule has 0 atom stereocenters. The van der Waals surface area contributed by atoms with Gasteiger partial charge in [-0.1, -0.05) is 12.1 Å². The van der Waals surface area contributed by atoms with Gasteiger partial charge in [0.1, 0.15) is 23.7 Å². The molecule has 0 spiro atoms. The standard InChI is InChI=1S/C24H26N4O3/c1-17-15-27(16-25-17)20-9-10-21-23(29)26(11-12-28(21)24(20)30)13-14-31-22-8-4-6-18-5-2-3-7-19(18)22/h4,6,8-10,15-16H,2-3,5,7,11-14H2,1H3. The van der Waals surface area contributed by atoms with Crippen molar-refractivity contribution in [2.24, 2.45) is 0 Å². The van der Waals surface area contributed by atoms with E-state index in [9.17, 15) is 9.59 Å². The average molecular weight is 418 g/mol. The Morgan fingerprint density at radius 1 is 1.06 bits per heavy atom. The van der Waals surface area contributed by atoms with Crippen molar-refractivity contribution in [2.75, 3.05) is 19.7 Å². The first-order valence-corrected chi connectivity index (χ1v) is 10.9. The number of pyridine rings is 1. The molecule has 0 N–H and O–H groups in total. The molecule has 0 unspecified atom stereocenters. The molecule has 0 saturated heterocycles. The molecule has 0 fully saturated rings. The van der Waals surface area contributed by atoms with E-state index >= 15 is 0 Å². The Bertz CT molecular complexity index is 1190. The van der Waals surface area contributed by atoms with Crippen molar-refractivity contribution in [1.29, 1.82) is 0 Å². The van der Waals surface area contributed by atoms with Crippen LogP contribution in [0.3, 0.4) is 0 Å². The third kappa shape index (κ3) is 3.65. The van der Waals surface area contributed by atoms with E-state index in [1.165, 1.54) is 24.0 Å². The molecular weight excluding hydrogens is 392 g/mol. The Labute approximate surface area is 180 Å². The minimum absolute atomic E-state index is 0.129. The van der Waals surface area contributed by atoms with E-state index in [1.807, 2.05) is 19.1 Å². The highest BCUT2D eigenvalue weighted by Gasteiger charge is 2.26. The van der Waals surface area contributed by atoms with Crippen LogP contribution in [0.4, 0.5) is 0 Å². The second kappa shape index (κ2) is 8.06. The molecule has 7 nitrogen and oxygen atoms in total. The number of imidazole rings is 1. The number of amides is 1. The number of hydrogen-bond donors (Lipinski definition) is 0. The maximum atomic E-state index is 13.0. The molecule has 2 aromatic heterocycles. The van der Waals surface area contributed by atoms with E-state index in [4.69, 9.17) is 4.74 Å². The topological polar surface area (TPSA) is 69.4 Å². The number of ether oxygens (including phenoxy) is 1. The second-order valence-corrected chi connectivity index (χ2v) is 8.22. The first kappa shape index (κ1) is 19.6. The molecule has 1 amide bonds. The highest BCUT2D eigenvalue weighted by molar-refractivity contribution is 5.93. The number of aromatic nitrogens is 3. The second-order valence-electron chi connectivity index (χ2n) is 8.22. The number of carbonyl (C=O) groups is 1. The molecule has 7 heteroatoms. The maximum Gasteiger partial charge on any atom is 0.275 e. The summed E-state index contributed by atoms with van der Waals surface area (Å²) in [5.74, 6) is 0.814. The van der Waals surface area contributed by atoms with Crippen molar-refractivity contribution in [3.63, 3.8) is 0 Å². The van der Waals surface area contributed by atoms with Gasteiger partial charge in [-0.3, -0.25) is 9.59 Å². The van der Waals surface area contributed by atoms with Crippen LogP contribution >= 0.6 is 0 Å². The number of fused-ring (bicyclic) bond motifs is 2. The summed E-state index contributed by atoms with van der Waals surface area (Å²) in [6.45, 7) is 3.79. The third-order valence-electron chi connectivity index (χ3n) is 6.22. The van der Waals surface area contributed by atoms with Crippen molar-refractivity contribution < 1.29 is 9.53 Å². The highest BCUT2D eigenvalue weighted by atomic mass is 16.5. The zero-order chi connectivity index (χ0) is 21.4. The first-order chi connectivity index (χ1) is 15.1. The van der Waals surface area contributed by atoms with Crippen LogP contribution in [0.25, 0.3) is 5.69 Å². The molecule has 1 aliphatic carbocycles. The minimum atomic E-state index is -0.171. The fourth-order valence-corrected chi connectivity index (χ4v) is 4.57. The molecule has 1 aliphatic heterocycles. The number of benzene rings is 1. The summed E-state index contributed by atoms with van der Waals surface area (Å²) in [6, 6.07) is 9.69. The molecule has 3 aromatic rings. The number of carbonyl (C=O) groups excluding carboxylic acids is 1. The van der Waals surface area contributed by atoms with Gasteiger partial charge in [0.2, 0.25) is 0 Å². The molecule has 5 rings (SSSR count). The smallest absolute Gasteiger partial charge is 0.275 e. The fraction of sp³-hybridized carbons (Fsp3) is 0.375. The number of nitrogens with zero attached hydrogens (tertiary/aromatic N) is 4. The number of aryl methyl sites for hydroxylation is 2. The summed E-state index contributed by atoms with van der Waals surface area (Å²) in [7, 11) is 0. The van der Waals surface area contributed by atoms with Crippen LogP contribution in [0.1, 0.15) is 40.2 Å². The van der Waals surface area contributed by atoms with E-state index in [0.29, 0.717) is 37.6 Å². The molecule has 160 valence electrons. The monoisotopic (exact) mass is 418 g/mol. The zero-order valence-electron chi connectivity index (χ0n) is 17.7. The van der Waals surface area contributed by atoms with Gasteiger partial charge < -0.3 is 18.8 Å². The lowest BCUT2D eigenvalue weighted by Crippen LogP contribution is -2.46. The van der Waals surface area contributed by atoms with Gasteiger partial charge in [-0.15, -0.1) is 0 Å². The summed E-state index contributed by atoms with van der Waals surface area (Å²) in [6.07, 6.45) is 8.03. The fourth-order valence-electron chi connectivity index (χ4n) is 4.57. The molecule has 3 heterocycles. The minimum Gasteiger partial charge on any atom is -0.491 e. The average Bonchev–Trinajstić information content (AvgIpc) is 3.22. The van der Waals surface area contributed by atoms with Gasteiger partial charge in [0.15, 0.2) is 0 Å². The summed E-state index contributed by atoms with van der Waals surface area (Å²) in [4.78, 5) is 31.9. The van der Waals surface area contributed by atoms with Gasteiger partial charge in [-0.25, -0.2) is 4.98 Å². The molecule has 31 heavy (non-hydrogen) atoms. The summed E-state index contributed by atoms with van der Waals surface area (Å²) >= 11 is 0. The number of rotatable bonds is 5. The van der Waals surface area contributed by atoms with Crippen molar-refractivity contribution in [3.8, 4) is 11.4 Å². The van der Waals surface area contributed by atoms with Gasteiger partial charge in [-0.05, 0) is 61.9 Å². The molecule has 2 aliphatic rings. The molecule has 0 saturated carbocycles. The predicted octanol–water partition coefficient (Wildman–Crippen LogP) is 2.76. The van der Waals surface area contributed by atoms with Gasteiger partial charge in [0.05, 0.1) is 18.6 Å². The molecule has 1 aromatic carbocycles. The van der Waals surface area contributed by atoms with E-state index < -0.39 is 0 Å². The van der Waals surface area contributed by atoms with Crippen LogP contribution < -0.4 is 10.3 Å². The van der Waals surface area contributed by atoms with Crippen molar-refractivity contribution in [2.45, 2.75) is 39.2 Å². The van der Waals surface area contributed by atoms with Crippen LogP contribution in [0.15, 0.2) is 47.7 Å².